The summed E-state index contributed by atoms with van der Waals surface area (Å²) in [6.45, 7) is 7.64. The molecule has 0 unspecified atom stereocenters. The molecule has 188 valence electrons. The lowest BCUT2D eigenvalue weighted by atomic mass is 9.85. The number of hydrogen-bond acceptors (Lipinski definition) is 3. The van der Waals surface area contributed by atoms with Crippen molar-refractivity contribution in [1.29, 1.82) is 0 Å². The summed E-state index contributed by atoms with van der Waals surface area (Å²) in [4.78, 5) is 0. The molecule has 38 heavy (non-hydrogen) atoms. The van der Waals surface area contributed by atoms with E-state index in [0.717, 1.165) is 10.6 Å². The molecule has 0 N–H and O–H groups in total. The zero-order valence-electron chi connectivity index (χ0n) is 22.0. The Morgan fingerprint density at radius 2 is 0.974 bits per heavy atom. The molecule has 7 aromatic rings. The summed E-state index contributed by atoms with van der Waals surface area (Å²) in [6.07, 6.45) is 0. The first-order valence-electron chi connectivity index (χ1n) is 13.6. The second-order valence-corrected chi connectivity index (χ2v) is 12.2. The molecule has 0 heterocycles. The molecular weight excluding hydrogens is 484 g/mol. The third-order valence-corrected chi connectivity index (χ3v) is 10.9. The zero-order valence-corrected chi connectivity index (χ0v) is 23.0. The van der Waals surface area contributed by atoms with Gasteiger partial charge in [0.1, 0.15) is 0 Å². The highest BCUT2D eigenvalue weighted by Crippen LogP contribution is 2.45. The van der Waals surface area contributed by atoms with E-state index in [2.05, 4.69) is 91.0 Å². The van der Waals surface area contributed by atoms with Crippen LogP contribution in [0.15, 0.2) is 91.0 Å². The number of benzene rings is 7. The summed E-state index contributed by atoms with van der Waals surface area (Å²) < 4.78 is 19.8. The topological polar surface area (TPSA) is 27.7 Å². The molecule has 0 atom stereocenters. The van der Waals surface area contributed by atoms with Gasteiger partial charge < -0.3 is 13.3 Å². The molecule has 3 nitrogen and oxygen atoms in total. The first kappa shape index (κ1) is 23.6. The van der Waals surface area contributed by atoms with Crippen LogP contribution in [0, 0.1) is 0 Å². The van der Waals surface area contributed by atoms with Crippen molar-refractivity contribution in [3.63, 3.8) is 0 Å². The van der Waals surface area contributed by atoms with Crippen LogP contribution in [-0.4, -0.2) is 28.6 Å². The molecule has 0 aliphatic carbocycles. The van der Waals surface area contributed by atoms with Crippen LogP contribution >= 0.6 is 0 Å². The lowest BCUT2D eigenvalue weighted by Crippen LogP contribution is -2.57. The quantitative estimate of drug-likeness (QED) is 0.122. The standard InChI is InChI=1S/C34H30O3Si/c1-4-35-38(36-5-2,37-6-3)34-27-18-10-9-17-25(27)31-28-20-12-15-22-14-11-19-26(30(22)28)29-21-23-13-7-8-16-24(23)33(34)32(29)31/h7-21H,4-6H2,1-3H3. The van der Waals surface area contributed by atoms with Crippen molar-refractivity contribution >= 4 is 78.6 Å². The summed E-state index contributed by atoms with van der Waals surface area (Å²) in [7, 11) is -3.31. The minimum Gasteiger partial charge on any atom is -0.370 e. The predicted octanol–water partition coefficient (Wildman–Crippen LogP) is 8.30. The Morgan fingerprint density at radius 3 is 1.66 bits per heavy atom. The normalized spacial score (nSPS) is 12.7. The third kappa shape index (κ3) is 3.18. The van der Waals surface area contributed by atoms with Gasteiger partial charge in [-0.2, -0.15) is 0 Å². The van der Waals surface area contributed by atoms with E-state index in [1.165, 1.54) is 59.2 Å². The Kier molecular flexibility index (Phi) is 5.60. The predicted molar refractivity (Wildman–Crippen MR) is 163 cm³/mol. The number of rotatable bonds is 7. The summed E-state index contributed by atoms with van der Waals surface area (Å²) in [6, 6.07) is 33.2. The van der Waals surface area contributed by atoms with Crippen LogP contribution < -0.4 is 5.19 Å². The molecular formula is C34H30O3Si. The van der Waals surface area contributed by atoms with E-state index in [4.69, 9.17) is 13.3 Å². The molecule has 0 aliphatic rings. The second-order valence-electron chi connectivity index (χ2n) is 9.76. The maximum atomic E-state index is 6.61. The maximum absolute atomic E-state index is 6.61. The van der Waals surface area contributed by atoms with Gasteiger partial charge in [0.25, 0.3) is 0 Å². The van der Waals surface area contributed by atoms with Gasteiger partial charge in [0.2, 0.25) is 0 Å². The van der Waals surface area contributed by atoms with Gasteiger partial charge in [-0.15, -0.1) is 0 Å². The smallest absolute Gasteiger partial charge is 0.370 e. The van der Waals surface area contributed by atoms with Gasteiger partial charge in [-0.05, 0) is 91.5 Å². The SMILES string of the molecule is CCO[Si](OCC)(OCC)c1c2ccccc2c2c3cccc4cccc(c5cc6ccccc6c1c52)c43. The Balaban J connectivity index is 1.88. The van der Waals surface area contributed by atoms with Crippen LogP contribution in [0.2, 0.25) is 0 Å². The fourth-order valence-electron chi connectivity index (χ4n) is 6.55. The van der Waals surface area contributed by atoms with Gasteiger partial charge in [-0.3, -0.25) is 0 Å². The Bertz CT molecular complexity index is 1950. The summed E-state index contributed by atoms with van der Waals surface area (Å²) in [5.74, 6) is 0. The molecule has 7 aromatic carbocycles. The maximum Gasteiger partial charge on any atom is 0.538 e. The highest BCUT2D eigenvalue weighted by molar-refractivity contribution is 6.81. The van der Waals surface area contributed by atoms with Crippen LogP contribution in [0.1, 0.15) is 20.8 Å². The van der Waals surface area contributed by atoms with Gasteiger partial charge >= 0.3 is 8.80 Å². The zero-order chi connectivity index (χ0) is 25.9. The van der Waals surface area contributed by atoms with Crippen LogP contribution in [0.25, 0.3) is 64.6 Å². The Morgan fingerprint density at radius 1 is 0.447 bits per heavy atom. The van der Waals surface area contributed by atoms with Crippen LogP contribution in [0.3, 0.4) is 0 Å². The van der Waals surface area contributed by atoms with Crippen molar-refractivity contribution in [3.8, 4) is 0 Å². The molecule has 7 rings (SSSR count). The molecule has 4 heteroatoms. The van der Waals surface area contributed by atoms with Gasteiger partial charge in [-0.25, -0.2) is 0 Å². The van der Waals surface area contributed by atoms with Crippen molar-refractivity contribution in [3.05, 3.63) is 91.0 Å². The lowest BCUT2D eigenvalue weighted by molar-refractivity contribution is 0.0865. The van der Waals surface area contributed by atoms with Crippen molar-refractivity contribution in [2.75, 3.05) is 19.8 Å². The minimum absolute atomic E-state index is 0.517. The molecule has 0 radical (unpaired) electrons. The van der Waals surface area contributed by atoms with E-state index in [1.54, 1.807) is 0 Å². The van der Waals surface area contributed by atoms with Gasteiger partial charge in [0.05, 0.1) is 0 Å². The first-order chi connectivity index (χ1) is 18.7. The minimum atomic E-state index is -3.31. The van der Waals surface area contributed by atoms with E-state index in [0.29, 0.717) is 19.8 Å². The molecule has 0 bridgehead atoms. The van der Waals surface area contributed by atoms with Crippen molar-refractivity contribution < 1.29 is 13.3 Å². The summed E-state index contributed by atoms with van der Waals surface area (Å²) in [5.41, 5.74) is 0. The van der Waals surface area contributed by atoms with Gasteiger partial charge in [0.15, 0.2) is 0 Å². The molecule has 0 fully saturated rings. The van der Waals surface area contributed by atoms with E-state index < -0.39 is 8.80 Å². The average Bonchev–Trinajstić information content (AvgIpc) is 2.95. The van der Waals surface area contributed by atoms with Crippen molar-refractivity contribution in [1.82, 2.24) is 0 Å². The van der Waals surface area contributed by atoms with Crippen LogP contribution in [0.4, 0.5) is 0 Å². The first-order valence-corrected chi connectivity index (χ1v) is 15.3. The lowest BCUT2D eigenvalue weighted by Gasteiger charge is -2.32. The van der Waals surface area contributed by atoms with Crippen molar-refractivity contribution in [2.24, 2.45) is 0 Å². The number of hydrogen-bond donors (Lipinski definition) is 0. The summed E-state index contributed by atoms with van der Waals surface area (Å²) in [5, 5.41) is 16.0. The van der Waals surface area contributed by atoms with Gasteiger partial charge in [0, 0.05) is 25.0 Å². The fourth-order valence-corrected chi connectivity index (χ4v) is 9.49. The van der Waals surface area contributed by atoms with Crippen LogP contribution in [-0.2, 0) is 13.3 Å². The molecule has 0 saturated heterocycles. The highest BCUT2D eigenvalue weighted by Gasteiger charge is 2.46. The Labute approximate surface area is 223 Å². The third-order valence-electron chi connectivity index (χ3n) is 7.79. The van der Waals surface area contributed by atoms with Crippen LogP contribution in [0.5, 0.6) is 0 Å². The number of fused-ring (bicyclic) bond motifs is 6. The van der Waals surface area contributed by atoms with E-state index in [1.807, 2.05) is 20.8 Å². The molecule has 0 saturated carbocycles. The second kappa shape index (κ2) is 9.04. The summed E-state index contributed by atoms with van der Waals surface area (Å²) >= 11 is 0. The fraction of sp³-hybridized carbons (Fsp3) is 0.176. The van der Waals surface area contributed by atoms with E-state index >= 15 is 0 Å². The van der Waals surface area contributed by atoms with Gasteiger partial charge in [-0.1, -0.05) is 84.9 Å². The average molecular weight is 515 g/mol. The molecule has 0 aliphatic heterocycles. The molecule has 0 amide bonds. The monoisotopic (exact) mass is 514 g/mol. The van der Waals surface area contributed by atoms with E-state index in [-0.39, 0.29) is 0 Å². The highest BCUT2D eigenvalue weighted by atomic mass is 28.4. The van der Waals surface area contributed by atoms with Crippen molar-refractivity contribution in [2.45, 2.75) is 20.8 Å². The Hall–Kier alpha value is -3.54. The van der Waals surface area contributed by atoms with E-state index in [9.17, 15) is 0 Å². The molecule has 0 aromatic heterocycles. The molecule has 0 spiro atoms. The largest absolute Gasteiger partial charge is 0.538 e.